The molecule has 1 aliphatic heterocycles. The van der Waals surface area contributed by atoms with Gasteiger partial charge in [0.2, 0.25) is 0 Å². The molecule has 0 aliphatic carbocycles. The Labute approximate surface area is 102 Å². The number of piperazine rings is 1. The van der Waals surface area contributed by atoms with E-state index in [0.717, 1.165) is 31.1 Å². The number of hydrogen-bond donors (Lipinski definition) is 2. The first-order valence-corrected chi connectivity index (χ1v) is 6.10. The van der Waals surface area contributed by atoms with Crippen molar-refractivity contribution in [3.05, 3.63) is 23.8 Å². The second kappa shape index (κ2) is 5.89. The van der Waals surface area contributed by atoms with Gasteiger partial charge >= 0.3 is 0 Å². The largest absolute Gasteiger partial charge is 0.493 e. The maximum atomic E-state index is 5.59. The lowest BCUT2D eigenvalue weighted by Gasteiger charge is -2.25. The SMILES string of the molecule is CCOc1cc([C@H]2CNCCN2)ccc1OC. The minimum absolute atomic E-state index is 0.355. The highest BCUT2D eigenvalue weighted by molar-refractivity contribution is 5.44. The van der Waals surface area contributed by atoms with E-state index >= 15 is 0 Å². The number of hydrogen-bond acceptors (Lipinski definition) is 4. The van der Waals surface area contributed by atoms with E-state index < -0.39 is 0 Å². The maximum Gasteiger partial charge on any atom is 0.161 e. The topological polar surface area (TPSA) is 42.5 Å². The second-order valence-electron chi connectivity index (χ2n) is 4.05. The van der Waals surface area contributed by atoms with Crippen LogP contribution in [-0.2, 0) is 0 Å². The molecule has 4 nitrogen and oxygen atoms in total. The van der Waals surface area contributed by atoms with E-state index in [4.69, 9.17) is 9.47 Å². The average molecular weight is 236 g/mol. The van der Waals surface area contributed by atoms with Crippen LogP contribution in [0.4, 0.5) is 0 Å². The molecule has 0 spiro atoms. The van der Waals surface area contributed by atoms with Crippen LogP contribution < -0.4 is 20.1 Å². The molecule has 1 aromatic rings. The smallest absolute Gasteiger partial charge is 0.161 e. The summed E-state index contributed by atoms with van der Waals surface area (Å²) in [6, 6.07) is 6.48. The van der Waals surface area contributed by atoms with Gasteiger partial charge in [0.1, 0.15) is 0 Å². The van der Waals surface area contributed by atoms with Crippen LogP contribution in [0.3, 0.4) is 0 Å². The molecule has 1 aliphatic rings. The Hall–Kier alpha value is -1.26. The van der Waals surface area contributed by atoms with Gasteiger partial charge < -0.3 is 20.1 Å². The highest BCUT2D eigenvalue weighted by Crippen LogP contribution is 2.30. The molecule has 94 valence electrons. The first-order valence-electron chi connectivity index (χ1n) is 6.10. The van der Waals surface area contributed by atoms with E-state index in [0.29, 0.717) is 12.6 Å². The van der Waals surface area contributed by atoms with Crippen molar-refractivity contribution in [1.29, 1.82) is 0 Å². The van der Waals surface area contributed by atoms with Crippen molar-refractivity contribution in [1.82, 2.24) is 10.6 Å². The average Bonchev–Trinajstić information content (AvgIpc) is 2.40. The molecule has 0 aromatic heterocycles. The molecule has 17 heavy (non-hydrogen) atoms. The predicted molar refractivity (Wildman–Crippen MR) is 67.8 cm³/mol. The van der Waals surface area contributed by atoms with Gasteiger partial charge in [-0.25, -0.2) is 0 Å². The van der Waals surface area contributed by atoms with Crippen LogP contribution in [0.1, 0.15) is 18.5 Å². The van der Waals surface area contributed by atoms with E-state index in [2.05, 4.69) is 22.8 Å². The summed E-state index contributed by atoms with van der Waals surface area (Å²) in [4.78, 5) is 0. The van der Waals surface area contributed by atoms with Crippen molar-refractivity contribution in [2.45, 2.75) is 13.0 Å². The fourth-order valence-corrected chi connectivity index (χ4v) is 2.07. The van der Waals surface area contributed by atoms with E-state index in [-0.39, 0.29) is 0 Å². The van der Waals surface area contributed by atoms with E-state index in [1.54, 1.807) is 7.11 Å². The van der Waals surface area contributed by atoms with E-state index in [9.17, 15) is 0 Å². The Kier molecular flexibility index (Phi) is 4.23. The number of rotatable bonds is 4. The quantitative estimate of drug-likeness (QED) is 0.827. The molecule has 0 radical (unpaired) electrons. The summed E-state index contributed by atoms with van der Waals surface area (Å²) < 4.78 is 10.9. The van der Waals surface area contributed by atoms with Gasteiger partial charge in [-0.15, -0.1) is 0 Å². The van der Waals surface area contributed by atoms with Crippen molar-refractivity contribution >= 4 is 0 Å². The highest BCUT2D eigenvalue weighted by Gasteiger charge is 2.16. The Morgan fingerprint density at radius 3 is 2.82 bits per heavy atom. The third-order valence-corrected chi connectivity index (χ3v) is 2.93. The maximum absolute atomic E-state index is 5.59. The highest BCUT2D eigenvalue weighted by atomic mass is 16.5. The van der Waals surface area contributed by atoms with Crippen LogP contribution in [0.15, 0.2) is 18.2 Å². The van der Waals surface area contributed by atoms with Gasteiger partial charge in [0.15, 0.2) is 11.5 Å². The summed E-state index contributed by atoms with van der Waals surface area (Å²) in [6.45, 7) is 5.62. The van der Waals surface area contributed by atoms with Crippen LogP contribution in [-0.4, -0.2) is 33.4 Å². The van der Waals surface area contributed by atoms with Crippen LogP contribution in [0, 0.1) is 0 Å². The minimum Gasteiger partial charge on any atom is -0.493 e. The fraction of sp³-hybridized carbons (Fsp3) is 0.538. The van der Waals surface area contributed by atoms with Crippen molar-refractivity contribution in [3.8, 4) is 11.5 Å². The van der Waals surface area contributed by atoms with Gasteiger partial charge in [-0.3, -0.25) is 0 Å². The van der Waals surface area contributed by atoms with Gasteiger partial charge in [-0.1, -0.05) is 6.07 Å². The Morgan fingerprint density at radius 1 is 1.29 bits per heavy atom. The summed E-state index contributed by atoms with van der Waals surface area (Å²) >= 11 is 0. The van der Waals surface area contributed by atoms with Crippen molar-refractivity contribution in [2.24, 2.45) is 0 Å². The number of nitrogens with one attached hydrogen (secondary N) is 2. The molecule has 1 saturated heterocycles. The molecule has 0 unspecified atom stereocenters. The number of benzene rings is 1. The molecule has 1 atom stereocenters. The van der Waals surface area contributed by atoms with Crippen LogP contribution in [0.25, 0.3) is 0 Å². The first kappa shape index (κ1) is 12.2. The van der Waals surface area contributed by atoms with Crippen LogP contribution in [0.2, 0.25) is 0 Å². The number of ether oxygens (including phenoxy) is 2. The van der Waals surface area contributed by atoms with Gasteiger partial charge in [0, 0.05) is 25.7 Å². The summed E-state index contributed by atoms with van der Waals surface area (Å²) in [5.41, 5.74) is 1.24. The molecule has 0 amide bonds. The summed E-state index contributed by atoms with van der Waals surface area (Å²) in [7, 11) is 1.66. The van der Waals surface area contributed by atoms with Crippen LogP contribution >= 0.6 is 0 Å². The summed E-state index contributed by atoms with van der Waals surface area (Å²) in [6.07, 6.45) is 0. The summed E-state index contributed by atoms with van der Waals surface area (Å²) in [5, 5.41) is 6.86. The first-order chi connectivity index (χ1) is 8.35. The lowest BCUT2D eigenvalue weighted by atomic mass is 10.0. The lowest BCUT2D eigenvalue weighted by molar-refractivity contribution is 0.309. The molecule has 0 bridgehead atoms. The molecule has 1 heterocycles. The Bertz CT molecular complexity index is 362. The molecule has 0 saturated carbocycles. The van der Waals surface area contributed by atoms with E-state index in [1.807, 2.05) is 13.0 Å². The standard InChI is InChI=1S/C13H20N2O2/c1-3-17-13-8-10(4-5-12(13)16-2)11-9-14-6-7-15-11/h4-5,8,11,14-15H,3,6-7,9H2,1-2H3/t11-/m1/s1. The molecular weight excluding hydrogens is 216 g/mol. The zero-order valence-corrected chi connectivity index (χ0v) is 10.5. The molecule has 1 fully saturated rings. The zero-order valence-electron chi connectivity index (χ0n) is 10.5. The minimum atomic E-state index is 0.355. The fourth-order valence-electron chi connectivity index (χ4n) is 2.07. The molecular formula is C13H20N2O2. The second-order valence-corrected chi connectivity index (χ2v) is 4.05. The van der Waals surface area contributed by atoms with Gasteiger partial charge in [0.25, 0.3) is 0 Å². The van der Waals surface area contributed by atoms with Gasteiger partial charge in [-0.2, -0.15) is 0 Å². The monoisotopic (exact) mass is 236 g/mol. The van der Waals surface area contributed by atoms with Crippen molar-refractivity contribution in [2.75, 3.05) is 33.4 Å². The lowest BCUT2D eigenvalue weighted by Crippen LogP contribution is -2.42. The normalized spacial score (nSPS) is 20.0. The van der Waals surface area contributed by atoms with Gasteiger partial charge in [-0.05, 0) is 24.6 Å². The van der Waals surface area contributed by atoms with E-state index in [1.165, 1.54) is 5.56 Å². The molecule has 1 aromatic carbocycles. The Balaban J connectivity index is 2.19. The molecule has 2 N–H and O–H groups in total. The third-order valence-electron chi connectivity index (χ3n) is 2.93. The predicted octanol–water partition coefficient (Wildman–Crippen LogP) is 1.33. The summed E-state index contributed by atoms with van der Waals surface area (Å²) in [5.74, 6) is 1.61. The Morgan fingerprint density at radius 2 is 2.18 bits per heavy atom. The van der Waals surface area contributed by atoms with Crippen molar-refractivity contribution < 1.29 is 9.47 Å². The number of methoxy groups -OCH3 is 1. The molecule has 2 rings (SSSR count). The van der Waals surface area contributed by atoms with Crippen molar-refractivity contribution in [3.63, 3.8) is 0 Å². The third kappa shape index (κ3) is 2.90. The zero-order chi connectivity index (χ0) is 12.1. The van der Waals surface area contributed by atoms with Crippen LogP contribution in [0.5, 0.6) is 11.5 Å². The van der Waals surface area contributed by atoms with Gasteiger partial charge in [0.05, 0.1) is 13.7 Å². The molecule has 4 heteroatoms.